The van der Waals surface area contributed by atoms with Gasteiger partial charge in [0.2, 0.25) is 0 Å². The molecule has 0 spiro atoms. The van der Waals surface area contributed by atoms with Gasteiger partial charge in [-0.15, -0.1) is 0 Å². The summed E-state index contributed by atoms with van der Waals surface area (Å²) >= 11 is 0. The number of carbonyl (C=O) groups excluding carboxylic acids is 1. The van der Waals surface area contributed by atoms with Crippen LogP contribution in [0.3, 0.4) is 0 Å². The first-order valence-corrected chi connectivity index (χ1v) is 5.50. The van der Waals surface area contributed by atoms with Gasteiger partial charge in [-0.05, 0) is 24.5 Å². The number of carbonyl (C=O) groups is 1. The minimum absolute atomic E-state index is 0.00692. The number of urea groups is 1. The average Bonchev–Trinajstić information content (AvgIpc) is 2.21. The highest BCUT2D eigenvalue weighted by Gasteiger charge is 2.11. The molecular formula is C12H19N3O2. The van der Waals surface area contributed by atoms with E-state index in [1.165, 1.54) is 0 Å². The molecule has 2 N–H and O–H groups in total. The van der Waals surface area contributed by atoms with Gasteiger partial charge in [0.05, 0.1) is 5.69 Å². The highest BCUT2D eigenvalue weighted by atomic mass is 16.5. The molecule has 0 atom stereocenters. The first kappa shape index (κ1) is 13.3. The predicted molar refractivity (Wildman–Crippen MR) is 64.8 cm³/mol. The summed E-state index contributed by atoms with van der Waals surface area (Å²) in [5.74, 6) is 0. The highest BCUT2D eigenvalue weighted by Crippen LogP contribution is 2.09. The van der Waals surface area contributed by atoms with Crippen molar-refractivity contribution in [3.8, 4) is 0 Å². The number of amides is 2. The Morgan fingerprint density at radius 3 is 2.71 bits per heavy atom. The van der Waals surface area contributed by atoms with Gasteiger partial charge in [0.1, 0.15) is 0 Å². The van der Waals surface area contributed by atoms with Crippen molar-refractivity contribution >= 4 is 6.03 Å². The topological polar surface area (TPSA) is 66.6 Å². The Labute approximate surface area is 101 Å². The molecule has 0 aromatic carbocycles. The van der Waals surface area contributed by atoms with E-state index in [4.69, 9.17) is 0 Å². The molecule has 5 nitrogen and oxygen atoms in total. The summed E-state index contributed by atoms with van der Waals surface area (Å²) in [6, 6.07) is 4.58. The van der Waals surface area contributed by atoms with Gasteiger partial charge in [0.15, 0.2) is 5.49 Å². The Bertz CT molecular complexity index is 469. The molecule has 0 bridgehead atoms. The standard InChI is InChI=1S/C12H19N3O2/c1-9-6-5-7-10(15(9)17)14-11(16)13-8-12(2,3)4/h5-7,17H,8H2,1-4H3,(H,13,16)/b14-10-. The van der Waals surface area contributed by atoms with E-state index in [2.05, 4.69) is 10.3 Å². The van der Waals surface area contributed by atoms with E-state index < -0.39 is 6.03 Å². The lowest BCUT2D eigenvalue weighted by Crippen LogP contribution is -2.32. The third-order valence-corrected chi connectivity index (χ3v) is 2.12. The number of aryl methyl sites for hydroxylation is 1. The molecule has 0 aliphatic rings. The molecule has 0 saturated heterocycles. The van der Waals surface area contributed by atoms with Crippen molar-refractivity contribution in [2.75, 3.05) is 6.54 Å². The van der Waals surface area contributed by atoms with Crippen molar-refractivity contribution in [1.29, 1.82) is 0 Å². The second kappa shape index (κ2) is 5.03. The van der Waals surface area contributed by atoms with Crippen LogP contribution < -0.4 is 10.8 Å². The number of hydrogen-bond acceptors (Lipinski definition) is 2. The molecule has 0 unspecified atom stereocenters. The Kier molecular flexibility index (Phi) is 3.93. The minimum Gasteiger partial charge on any atom is -0.427 e. The van der Waals surface area contributed by atoms with Crippen LogP contribution in [0.25, 0.3) is 0 Å². The van der Waals surface area contributed by atoms with Gasteiger partial charge in [-0.1, -0.05) is 26.8 Å². The molecule has 0 aliphatic carbocycles. The fraction of sp³-hybridized carbons (Fsp3) is 0.500. The van der Waals surface area contributed by atoms with E-state index >= 15 is 0 Å². The molecule has 0 aliphatic heterocycles. The Balaban J connectivity index is 2.82. The number of hydrogen-bond donors (Lipinski definition) is 2. The monoisotopic (exact) mass is 237 g/mol. The number of nitrogens with one attached hydrogen (secondary N) is 1. The average molecular weight is 237 g/mol. The second-order valence-corrected chi connectivity index (χ2v) is 5.17. The molecule has 5 heteroatoms. The smallest absolute Gasteiger partial charge is 0.343 e. The molecule has 1 aromatic heterocycles. The first-order valence-electron chi connectivity index (χ1n) is 5.50. The van der Waals surface area contributed by atoms with Crippen molar-refractivity contribution in [2.24, 2.45) is 10.4 Å². The van der Waals surface area contributed by atoms with E-state index in [0.717, 1.165) is 4.73 Å². The van der Waals surface area contributed by atoms with Gasteiger partial charge in [0.25, 0.3) is 0 Å². The molecule has 0 radical (unpaired) electrons. The molecule has 1 rings (SSSR count). The molecule has 1 aromatic rings. The summed E-state index contributed by atoms with van der Waals surface area (Å²) in [6.45, 7) is 8.32. The summed E-state index contributed by atoms with van der Waals surface area (Å²) in [4.78, 5) is 15.3. The van der Waals surface area contributed by atoms with Gasteiger partial charge in [-0.2, -0.15) is 9.72 Å². The quantitative estimate of drug-likeness (QED) is 0.730. The van der Waals surface area contributed by atoms with Crippen LogP contribution in [0.15, 0.2) is 23.2 Å². The van der Waals surface area contributed by atoms with Gasteiger partial charge in [-0.25, -0.2) is 4.79 Å². The van der Waals surface area contributed by atoms with Gasteiger partial charge < -0.3 is 10.5 Å². The third kappa shape index (κ3) is 4.30. The van der Waals surface area contributed by atoms with Crippen molar-refractivity contribution in [2.45, 2.75) is 27.7 Å². The normalized spacial score (nSPS) is 12.6. The largest absolute Gasteiger partial charge is 0.427 e. The Morgan fingerprint density at radius 1 is 1.47 bits per heavy atom. The first-order chi connectivity index (χ1) is 7.79. The molecule has 2 amide bonds. The highest BCUT2D eigenvalue weighted by molar-refractivity contribution is 5.74. The van der Waals surface area contributed by atoms with Crippen molar-refractivity contribution in [1.82, 2.24) is 10.0 Å². The van der Waals surface area contributed by atoms with E-state index in [1.807, 2.05) is 20.8 Å². The van der Waals surface area contributed by atoms with Gasteiger partial charge in [-0.3, -0.25) is 0 Å². The maximum Gasteiger partial charge on any atom is 0.343 e. The minimum atomic E-state index is -0.451. The maximum absolute atomic E-state index is 11.5. The number of pyridine rings is 1. The maximum atomic E-state index is 11.5. The van der Waals surface area contributed by atoms with Crippen LogP contribution >= 0.6 is 0 Å². The summed E-state index contributed by atoms with van der Waals surface area (Å²) < 4.78 is 0.886. The summed E-state index contributed by atoms with van der Waals surface area (Å²) in [6.07, 6.45) is 0. The van der Waals surface area contributed by atoms with Crippen LogP contribution in [-0.2, 0) is 0 Å². The fourth-order valence-corrected chi connectivity index (χ4v) is 1.16. The molecule has 1 heterocycles. The Hall–Kier alpha value is -1.78. The van der Waals surface area contributed by atoms with Crippen molar-refractivity contribution < 1.29 is 10.0 Å². The molecule has 17 heavy (non-hydrogen) atoms. The lowest BCUT2D eigenvalue weighted by molar-refractivity contribution is 0.164. The zero-order valence-electron chi connectivity index (χ0n) is 10.7. The zero-order valence-corrected chi connectivity index (χ0v) is 10.7. The fourth-order valence-electron chi connectivity index (χ4n) is 1.16. The summed E-state index contributed by atoms with van der Waals surface area (Å²) in [5, 5.41) is 12.3. The Morgan fingerprint density at radius 2 is 2.12 bits per heavy atom. The van der Waals surface area contributed by atoms with E-state index in [-0.39, 0.29) is 10.9 Å². The van der Waals surface area contributed by atoms with E-state index in [1.54, 1.807) is 25.1 Å². The van der Waals surface area contributed by atoms with Gasteiger partial charge >= 0.3 is 6.03 Å². The predicted octanol–water partition coefficient (Wildman–Crippen LogP) is 1.69. The molecular weight excluding hydrogens is 218 g/mol. The van der Waals surface area contributed by atoms with Crippen LogP contribution in [0.5, 0.6) is 0 Å². The lowest BCUT2D eigenvalue weighted by atomic mass is 9.97. The van der Waals surface area contributed by atoms with Crippen LogP contribution in [0.4, 0.5) is 4.79 Å². The molecule has 0 fully saturated rings. The summed E-state index contributed by atoms with van der Waals surface area (Å²) in [7, 11) is 0. The SMILES string of the molecule is Cc1ccc/c(=N/C(=O)NCC(C)(C)C)n1O. The lowest BCUT2D eigenvalue weighted by Gasteiger charge is -2.17. The van der Waals surface area contributed by atoms with Crippen LogP contribution in [0.2, 0.25) is 0 Å². The van der Waals surface area contributed by atoms with Crippen LogP contribution in [-0.4, -0.2) is 22.5 Å². The molecule has 0 saturated carbocycles. The number of rotatable bonds is 1. The number of nitrogens with zero attached hydrogens (tertiary/aromatic N) is 2. The van der Waals surface area contributed by atoms with E-state index in [9.17, 15) is 10.0 Å². The third-order valence-electron chi connectivity index (χ3n) is 2.12. The van der Waals surface area contributed by atoms with Crippen LogP contribution in [0, 0.1) is 12.3 Å². The van der Waals surface area contributed by atoms with Crippen LogP contribution in [0.1, 0.15) is 26.5 Å². The van der Waals surface area contributed by atoms with Crippen molar-refractivity contribution in [3.05, 3.63) is 29.4 Å². The number of aromatic nitrogens is 1. The summed E-state index contributed by atoms with van der Waals surface area (Å²) in [5.41, 5.74) is 0.846. The van der Waals surface area contributed by atoms with E-state index in [0.29, 0.717) is 12.2 Å². The van der Waals surface area contributed by atoms with Gasteiger partial charge in [0, 0.05) is 6.54 Å². The second-order valence-electron chi connectivity index (χ2n) is 5.17. The zero-order chi connectivity index (χ0) is 13.1. The molecule has 94 valence electrons. The van der Waals surface area contributed by atoms with Crippen molar-refractivity contribution in [3.63, 3.8) is 0 Å².